The van der Waals surface area contributed by atoms with Crippen LogP contribution in [0.4, 0.5) is 65.9 Å². The highest BCUT2D eigenvalue weighted by Crippen LogP contribution is 2.52. The lowest BCUT2D eigenvalue weighted by Crippen LogP contribution is -2.74. The standard InChI is InChI=1S/C28H16BF15PSi/c1-3-46(4-2)45(10-8-6-5-7-9-10)29(11-14(30)20(36)26(42)21(37)15(11)31,12-16(32)22(38)27(43)23(39)17(12)33)13-18(34)24(40)28(44)25(41)19(13)35/h5-9,45H,3-4H2,1-2H3. The number of rotatable bonds is 8. The Morgan fingerprint density at radius 2 is 0.652 bits per heavy atom. The van der Waals surface area contributed by atoms with Gasteiger partial charge in [-0.05, 0) is 24.2 Å². The van der Waals surface area contributed by atoms with E-state index in [4.69, 9.17) is 0 Å². The van der Waals surface area contributed by atoms with Gasteiger partial charge in [0.15, 0.2) is 52.4 Å². The van der Waals surface area contributed by atoms with E-state index in [-0.39, 0.29) is 17.4 Å². The lowest BCUT2D eigenvalue weighted by atomic mass is 9.33. The second-order valence-corrected chi connectivity index (χ2v) is 18.5. The summed E-state index contributed by atoms with van der Waals surface area (Å²) in [5.41, 5.74) is -7.57. The highest BCUT2D eigenvalue weighted by Gasteiger charge is 2.59. The van der Waals surface area contributed by atoms with Crippen molar-refractivity contribution >= 4 is 43.4 Å². The lowest BCUT2D eigenvalue weighted by molar-refractivity contribution is 0.380. The monoisotopic (exact) mass is 707 g/mol. The van der Waals surface area contributed by atoms with Gasteiger partial charge >= 0.3 is 0 Å². The molecule has 0 saturated heterocycles. The Hall–Kier alpha value is -3.46. The van der Waals surface area contributed by atoms with Crippen LogP contribution in [0.15, 0.2) is 30.3 Å². The molecule has 4 rings (SSSR count). The van der Waals surface area contributed by atoms with Crippen LogP contribution < -0.4 is 21.7 Å². The first-order valence-corrected chi connectivity index (χ1v) is 17.5. The molecule has 18 heteroatoms. The van der Waals surface area contributed by atoms with Crippen LogP contribution in [-0.2, 0) is 0 Å². The van der Waals surface area contributed by atoms with Crippen molar-refractivity contribution in [2.45, 2.75) is 25.9 Å². The Morgan fingerprint density at radius 3 is 0.891 bits per heavy atom. The van der Waals surface area contributed by atoms with Gasteiger partial charge in [0, 0.05) is 5.30 Å². The van der Waals surface area contributed by atoms with E-state index >= 15 is 26.3 Å². The molecule has 0 bridgehead atoms. The summed E-state index contributed by atoms with van der Waals surface area (Å²) < 4.78 is 229. The first-order valence-electron chi connectivity index (χ1n) is 13.0. The zero-order valence-corrected chi connectivity index (χ0v) is 25.0. The minimum atomic E-state index is -5.59. The summed E-state index contributed by atoms with van der Waals surface area (Å²) in [6.07, 6.45) is 0. The van der Waals surface area contributed by atoms with Crippen molar-refractivity contribution in [1.29, 1.82) is 0 Å². The molecule has 0 aliphatic rings. The molecule has 4 aromatic carbocycles. The maximum Gasteiger partial charge on any atom is 0.254 e. The van der Waals surface area contributed by atoms with Crippen molar-refractivity contribution in [2.75, 3.05) is 0 Å². The molecule has 46 heavy (non-hydrogen) atoms. The Bertz CT molecular complexity index is 1590. The Morgan fingerprint density at radius 1 is 0.413 bits per heavy atom. The van der Waals surface area contributed by atoms with Crippen molar-refractivity contribution in [1.82, 2.24) is 0 Å². The van der Waals surface area contributed by atoms with E-state index in [2.05, 4.69) is 0 Å². The van der Waals surface area contributed by atoms with E-state index in [1.165, 1.54) is 19.9 Å². The molecule has 1 unspecified atom stereocenters. The minimum Gasteiger partial charge on any atom is -0.207 e. The van der Waals surface area contributed by atoms with E-state index in [1.807, 2.05) is 0 Å². The molecule has 4 aromatic rings. The third kappa shape index (κ3) is 5.00. The highest BCUT2D eigenvalue weighted by atomic mass is 31.4. The molecular formula is C28H16BF15PSi. The first-order chi connectivity index (χ1) is 21.5. The second kappa shape index (κ2) is 13.0. The summed E-state index contributed by atoms with van der Waals surface area (Å²) in [6, 6.07) is 5.11. The van der Waals surface area contributed by atoms with Gasteiger partial charge in [0.2, 0.25) is 8.46 Å². The first kappa shape index (κ1) is 35.4. The molecule has 0 aromatic heterocycles. The molecule has 1 radical (unpaired) electrons. The minimum absolute atomic E-state index is 0.228. The maximum absolute atomic E-state index is 16.0. The van der Waals surface area contributed by atoms with Gasteiger partial charge in [-0.15, -0.1) is 7.35 Å². The van der Waals surface area contributed by atoms with E-state index in [9.17, 15) is 39.5 Å². The van der Waals surface area contributed by atoms with Crippen molar-refractivity contribution in [3.8, 4) is 0 Å². The van der Waals surface area contributed by atoms with Crippen LogP contribution in [0.25, 0.3) is 0 Å². The summed E-state index contributed by atoms with van der Waals surface area (Å²) in [7, 11) is -6.83. The molecule has 0 N–H and O–H groups in total. The van der Waals surface area contributed by atoms with Crippen molar-refractivity contribution in [3.05, 3.63) is 118 Å². The number of hydrogen-bond donors (Lipinski definition) is 0. The Kier molecular flexibility index (Phi) is 9.98. The van der Waals surface area contributed by atoms with Crippen LogP contribution in [0.1, 0.15) is 13.8 Å². The molecular weight excluding hydrogens is 691 g/mol. The fourth-order valence-electron chi connectivity index (χ4n) is 5.88. The fraction of sp³-hybridized carbons (Fsp3) is 0.143. The zero-order valence-electron chi connectivity index (χ0n) is 23.0. The predicted octanol–water partition coefficient (Wildman–Crippen LogP) is 7.31. The van der Waals surface area contributed by atoms with Crippen molar-refractivity contribution < 1.29 is 65.9 Å². The third-order valence-corrected chi connectivity index (χ3v) is 19.5. The van der Waals surface area contributed by atoms with E-state index < -0.39 is 125 Å². The molecule has 245 valence electrons. The third-order valence-electron chi connectivity index (χ3n) is 7.78. The predicted molar refractivity (Wildman–Crippen MR) is 144 cm³/mol. The molecule has 0 fully saturated rings. The maximum atomic E-state index is 16.0. The van der Waals surface area contributed by atoms with Gasteiger partial charge in [-0.25, -0.2) is 65.9 Å². The van der Waals surface area contributed by atoms with Crippen LogP contribution >= 0.6 is 7.35 Å². The van der Waals surface area contributed by atoms with Gasteiger partial charge in [0.05, 0.1) is 0 Å². The van der Waals surface area contributed by atoms with Crippen molar-refractivity contribution in [3.63, 3.8) is 0 Å². The van der Waals surface area contributed by atoms with Gasteiger partial charge in [-0.3, -0.25) is 0 Å². The van der Waals surface area contributed by atoms with Crippen LogP contribution in [-0.4, -0.2) is 14.3 Å². The highest BCUT2D eigenvalue weighted by molar-refractivity contribution is 8.24. The van der Waals surface area contributed by atoms with E-state index in [0.717, 1.165) is 24.3 Å². The molecule has 0 spiro atoms. The Labute approximate surface area is 252 Å². The average molecular weight is 707 g/mol. The molecule has 0 heterocycles. The summed E-state index contributed by atoms with van der Waals surface area (Å²) in [5, 5.41) is -0.387. The van der Waals surface area contributed by atoms with Gasteiger partial charge < -0.3 is 0 Å². The van der Waals surface area contributed by atoms with Crippen LogP contribution in [0, 0.1) is 87.3 Å². The average Bonchev–Trinajstić information content (AvgIpc) is 3.05. The largest absolute Gasteiger partial charge is 0.254 e. The van der Waals surface area contributed by atoms with Gasteiger partial charge in [-0.2, -0.15) is 0 Å². The quantitative estimate of drug-likeness (QED) is 0.0593. The topological polar surface area (TPSA) is 0 Å². The van der Waals surface area contributed by atoms with Crippen LogP contribution in [0.5, 0.6) is 0 Å². The number of halogens is 15. The van der Waals surface area contributed by atoms with Gasteiger partial charge in [0.25, 0.3) is 5.87 Å². The van der Waals surface area contributed by atoms with Gasteiger partial charge in [0.1, 0.15) is 34.9 Å². The zero-order chi connectivity index (χ0) is 34.6. The number of hydrogen-bond acceptors (Lipinski definition) is 0. The SMILES string of the molecule is CC[Si](CC)[PH+](c1ccccc1)[B-](c1c(F)c(F)c(F)c(F)c1F)(c1c(F)c(F)c(F)c(F)c1F)c1c(F)c(F)c(F)c(F)c1F. The lowest BCUT2D eigenvalue weighted by Gasteiger charge is -2.46. The fourth-order valence-corrected chi connectivity index (χ4v) is 18.0. The molecule has 0 aliphatic carbocycles. The molecule has 0 nitrogen and oxygen atoms in total. The van der Waals surface area contributed by atoms with E-state index in [0.29, 0.717) is 0 Å². The van der Waals surface area contributed by atoms with Gasteiger partial charge in [-0.1, -0.05) is 48.4 Å². The second-order valence-electron chi connectivity index (χ2n) is 9.91. The normalized spacial score (nSPS) is 12.7. The van der Waals surface area contributed by atoms with Crippen LogP contribution in [0.3, 0.4) is 0 Å². The molecule has 0 amide bonds. The molecule has 0 aliphatic heterocycles. The summed E-state index contributed by atoms with van der Waals surface area (Å²) >= 11 is 0. The van der Waals surface area contributed by atoms with Crippen molar-refractivity contribution in [2.24, 2.45) is 0 Å². The number of benzene rings is 4. The van der Waals surface area contributed by atoms with E-state index in [1.54, 1.807) is 0 Å². The summed E-state index contributed by atoms with van der Waals surface area (Å²) in [4.78, 5) is 0. The summed E-state index contributed by atoms with van der Waals surface area (Å²) in [6.45, 7) is 2.64. The summed E-state index contributed by atoms with van der Waals surface area (Å²) in [5.74, 6) is -50.1. The molecule has 1 atom stereocenters. The Balaban J connectivity index is 2.62. The van der Waals surface area contributed by atoms with Crippen LogP contribution in [0.2, 0.25) is 12.1 Å². The smallest absolute Gasteiger partial charge is 0.207 e. The molecule has 0 saturated carbocycles.